The van der Waals surface area contributed by atoms with Gasteiger partial charge in [0, 0.05) is 22.7 Å². The number of rotatable bonds is 4. The summed E-state index contributed by atoms with van der Waals surface area (Å²) >= 11 is 6.04. The standard InChI is InChI=1S/C11H16ClNO3/c1-6-8(12)4-7(9(14)5-13)11(16-3)10(6)15-2/h4,9,14H,5,13H2,1-3H3. The molecule has 0 radical (unpaired) electrons. The molecule has 0 heterocycles. The molecule has 0 aliphatic rings. The minimum Gasteiger partial charge on any atom is -0.493 e. The van der Waals surface area contributed by atoms with E-state index in [2.05, 4.69) is 0 Å². The Hall–Kier alpha value is -0.970. The fraction of sp³-hybridized carbons (Fsp3) is 0.455. The van der Waals surface area contributed by atoms with E-state index in [1.807, 2.05) is 6.92 Å². The number of halogens is 1. The first-order chi connectivity index (χ1) is 7.56. The Morgan fingerprint density at radius 2 is 1.94 bits per heavy atom. The predicted octanol–water partition coefficient (Wildman–Crippen LogP) is 1.66. The van der Waals surface area contributed by atoms with Gasteiger partial charge in [-0.25, -0.2) is 0 Å². The molecule has 0 spiro atoms. The first-order valence-corrected chi connectivity index (χ1v) is 5.23. The summed E-state index contributed by atoms with van der Waals surface area (Å²) in [7, 11) is 3.04. The van der Waals surface area contributed by atoms with Crippen molar-refractivity contribution >= 4 is 11.6 Å². The molecule has 1 atom stereocenters. The highest BCUT2D eigenvalue weighted by atomic mass is 35.5. The molecule has 0 amide bonds. The zero-order valence-corrected chi connectivity index (χ0v) is 10.3. The lowest BCUT2D eigenvalue weighted by Crippen LogP contribution is -2.13. The lowest BCUT2D eigenvalue weighted by Gasteiger charge is -2.18. The number of benzene rings is 1. The normalized spacial score (nSPS) is 12.4. The van der Waals surface area contributed by atoms with E-state index in [1.54, 1.807) is 6.07 Å². The third kappa shape index (κ3) is 2.24. The van der Waals surface area contributed by atoms with Crippen LogP contribution in [0.15, 0.2) is 6.07 Å². The Labute approximate surface area is 99.9 Å². The summed E-state index contributed by atoms with van der Waals surface area (Å²) in [5, 5.41) is 10.3. The van der Waals surface area contributed by atoms with Crippen molar-refractivity contribution in [3.63, 3.8) is 0 Å². The summed E-state index contributed by atoms with van der Waals surface area (Å²) in [6, 6.07) is 1.65. The van der Waals surface area contributed by atoms with Crippen LogP contribution in [0.1, 0.15) is 17.2 Å². The van der Waals surface area contributed by atoms with E-state index in [4.69, 9.17) is 26.8 Å². The Bertz CT molecular complexity index is 382. The maximum absolute atomic E-state index is 9.76. The zero-order chi connectivity index (χ0) is 12.3. The van der Waals surface area contributed by atoms with Crippen LogP contribution in [0.5, 0.6) is 11.5 Å². The number of aliphatic hydroxyl groups excluding tert-OH is 1. The van der Waals surface area contributed by atoms with E-state index in [1.165, 1.54) is 14.2 Å². The van der Waals surface area contributed by atoms with Gasteiger partial charge in [-0.05, 0) is 13.0 Å². The van der Waals surface area contributed by atoms with Crippen molar-refractivity contribution < 1.29 is 14.6 Å². The van der Waals surface area contributed by atoms with Gasteiger partial charge in [-0.2, -0.15) is 0 Å². The molecule has 0 saturated carbocycles. The van der Waals surface area contributed by atoms with E-state index >= 15 is 0 Å². The molecule has 4 nitrogen and oxygen atoms in total. The predicted molar refractivity (Wildman–Crippen MR) is 63.3 cm³/mol. The molecule has 1 rings (SSSR count). The van der Waals surface area contributed by atoms with Crippen molar-refractivity contribution in [3.8, 4) is 11.5 Å². The summed E-state index contributed by atoms with van der Waals surface area (Å²) in [6.07, 6.45) is -0.818. The smallest absolute Gasteiger partial charge is 0.166 e. The minimum atomic E-state index is -0.818. The van der Waals surface area contributed by atoms with Gasteiger partial charge in [0.2, 0.25) is 0 Å². The summed E-state index contributed by atoms with van der Waals surface area (Å²) in [6.45, 7) is 1.92. The van der Waals surface area contributed by atoms with Crippen LogP contribution in [0, 0.1) is 6.92 Å². The number of hydrogen-bond acceptors (Lipinski definition) is 4. The topological polar surface area (TPSA) is 64.7 Å². The monoisotopic (exact) mass is 245 g/mol. The van der Waals surface area contributed by atoms with Gasteiger partial charge in [0.1, 0.15) is 0 Å². The molecule has 0 saturated heterocycles. The fourth-order valence-corrected chi connectivity index (χ4v) is 1.75. The highest BCUT2D eigenvalue weighted by Gasteiger charge is 2.20. The van der Waals surface area contributed by atoms with E-state index in [0.29, 0.717) is 22.1 Å². The second-order valence-electron chi connectivity index (χ2n) is 3.39. The molecule has 0 aromatic heterocycles. The summed E-state index contributed by atoms with van der Waals surface area (Å²) in [5.74, 6) is 1.000. The lowest BCUT2D eigenvalue weighted by atomic mass is 10.0. The fourth-order valence-electron chi connectivity index (χ4n) is 1.55. The molecule has 0 aliphatic carbocycles. The van der Waals surface area contributed by atoms with Crippen LogP contribution in [-0.4, -0.2) is 25.9 Å². The zero-order valence-electron chi connectivity index (χ0n) is 9.58. The van der Waals surface area contributed by atoms with Crippen molar-refractivity contribution in [2.24, 2.45) is 5.73 Å². The highest BCUT2D eigenvalue weighted by Crippen LogP contribution is 2.41. The van der Waals surface area contributed by atoms with Gasteiger partial charge < -0.3 is 20.3 Å². The van der Waals surface area contributed by atoms with Crippen LogP contribution in [0.2, 0.25) is 5.02 Å². The van der Waals surface area contributed by atoms with Crippen molar-refractivity contribution in [1.82, 2.24) is 0 Å². The average molecular weight is 246 g/mol. The molecule has 1 aromatic carbocycles. The van der Waals surface area contributed by atoms with Gasteiger partial charge in [0.05, 0.1) is 20.3 Å². The van der Waals surface area contributed by atoms with Crippen molar-refractivity contribution in [2.75, 3.05) is 20.8 Å². The molecular weight excluding hydrogens is 230 g/mol. The molecule has 1 aromatic rings. The molecule has 16 heavy (non-hydrogen) atoms. The van der Waals surface area contributed by atoms with Gasteiger partial charge in [-0.1, -0.05) is 11.6 Å². The lowest BCUT2D eigenvalue weighted by molar-refractivity contribution is 0.181. The van der Waals surface area contributed by atoms with Gasteiger partial charge in [-0.3, -0.25) is 0 Å². The Morgan fingerprint density at radius 1 is 1.38 bits per heavy atom. The molecular formula is C11H16ClNO3. The molecule has 0 aliphatic heterocycles. The maximum Gasteiger partial charge on any atom is 0.166 e. The number of aliphatic hydroxyl groups is 1. The quantitative estimate of drug-likeness (QED) is 0.847. The number of nitrogens with two attached hydrogens (primary N) is 1. The first-order valence-electron chi connectivity index (χ1n) is 4.85. The number of methoxy groups -OCH3 is 2. The first kappa shape index (κ1) is 13.1. The largest absolute Gasteiger partial charge is 0.493 e. The van der Waals surface area contributed by atoms with E-state index in [0.717, 1.165) is 5.56 Å². The Balaban J connectivity index is 3.43. The van der Waals surface area contributed by atoms with Gasteiger partial charge >= 0.3 is 0 Å². The van der Waals surface area contributed by atoms with E-state index in [9.17, 15) is 5.11 Å². The second-order valence-corrected chi connectivity index (χ2v) is 3.80. The van der Waals surface area contributed by atoms with Gasteiger partial charge in [0.25, 0.3) is 0 Å². The van der Waals surface area contributed by atoms with Crippen LogP contribution in [0.25, 0.3) is 0 Å². The van der Waals surface area contributed by atoms with Crippen molar-refractivity contribution in [2.45, 2.75) is 13.0 Å². The third-order valence-electron chi connectivity index (χ3n) is 2.44. The maximum atomic E-state index is 9.76. The van der Waals surface area contributed by atoms with Crippen molar-refractivity contribution in [1.29, 1.82) is 0 Å². The van der Waals surface area contributed by atoms with Crippen LogP contribution in [0.3, 0.4) is 0 Å². The van der Waals surface area contributed by atoms with Crippen LogP contribution in [-0.2, 0) is 0 Å². The molecule has 90 valence electrons. The van der Waals surface area contributed by atoms with Gasteiger partial charge in [-0.15, -0.1) is 0 Å². The van der Waals surface area contributed by atoms with Crippen LogP contribution in [0.4, 0.5) is 0 Å². The van der Waals surface area contributed by atoms with Crippen LogP contribution < -0.4 is 15.2 Å². The highest BCUT2D eigenvalue weighted by molar-refractivity contribution is 6.31. The Kier molecular flexibility index (Phi) is 4.41. The minimum absolute atomic E-state index is 0.0961. The van der Waals surface area contributed by atoms with E-state index in [-0.39, 0.29) is 6.54 Å². The second kappa shape index (κ2) is 5.39. The van der Waals surface area contributed by atoms with E-state index < -0.39 is 6.10 Å². The molecule has 1 unspecified atom stereocenters. The van der Waals surface area contributed by atoms with Crippen molar-refractivity contribution in [3.05, 3.63) is 22.2 Å². The van der Waals surface area contributed by atoms with Crippen LogP contribution >= 0.6 is 11.6 Å². The summed E-state index contributed by atoms with van der Waals surface area (Å²) < 4.78 is 10.4. The molecule has 3 N–H and O–H groups in total. The molecule has 0 bridgehead atoms. The van der Waals surface area contributed by atoms with Gasteiger partial charge in [0.15, 0.2) is 11.5 Å². The SMILES string of the molecule is COc1c(C(O)CN)cc(Cl)c(C)c1OC. The summed E-state index contributed by atoms with van der Waals surface area (Å²) in [4.78, 5) is 0. The summed E-state index contributed by atoms with van der Waals surface area (Å²) in [5.41, 5.74) is 6.73. The molecule has 0 fully saturated rings. The average Bonchev–Trinajstić information content (AvgIpc) is 2.30. The number of hydrogen-bond donors (Lipinski definition) is 2. The number of ether oxygens (including phenoxy) is 2. The Morgan fingerprint density at radius 3 is 2.38 bits per heavy atom. The molecule has 5 heteroatoms. The third-order valence-corrected chi connectivity index (χ3v) is 2.83.